The summed E-state index contributed by atoms with van der Waals surface area (Å²) in [6, 6.07) is 1.91. The van der Waals surface area contributed by atoms with Crippen LogP contribution in [0.3, 0.4) is 0 Å². The fraction of sp³-hybridized carbons (Fsp3) is 0.643. The minimum Gasteiger partial charge on any atom is -0.362 e. The van der Waals surface area contributed by atoms with E-state index in [-0.39, 0.29) is 16.7 Å². The van der Waals surface area contributed by atoms with Gasteiger partial charge in [-0.05, 0) is 38.7 Å². The summed E-state index contributed by atoms with van der Waals surface area (Å²) >= 11 is 0. The van der Waals surface area contributed by atoms with Crippen molar-refractivity contribution in [3.8, 4) is 0 Å². The van der Waals surface area contributed by atoms with Gasteiger partial charge in [0.2, 0.25) is 5.82 Å². The molecular formula is C14H21N3O2. The van der Waals surface area contributed by atoms with Crippen LogP contribution in [0.1, 0.15) is 44.6 Å². The molecule has 5 nitrogen and oxygen atoms in total. The highest BCUT2D eigenvalue weighted by Crippen LogP contribution is 2.31. The van der Waals surface area contributed by atoms with Gasteiger partial charge in [0.05, 0.1) is 4.92 Å². The molecule has 1 fully saturated rings. The van der Waals surface area contributed by atoms with Crippen LogP contribution < -0.4 is 5.32 Å². The fourth-order valence-corrected chi connectivity index (χ4v) is 2.85. The molecule has 1 aliphatic rings. The van der Waals surface area contributed by atoms with Crippen LogP contribution in [0.15, 0.2) is 12.3 Å². The molecule has 0 spiro atoms. The molecule has 0 amide bonds. The van der Waals surface area contributed by atoms with E-state index in [2.05, 4.69) is 17.2 Å². The zero-order chi connectivity index (χ0) is 13.8. The van der Waals surface area contributed by atoms with Gasteiger partial charge in [-0.3, -0.25) is 10.1 Å². The van der Waals surface area contributed by atoms with Crippen LogP contribution in [-0.4, -0.2) is 15.9 Å². The molecule has 0 aromatic carbocycles. The Bertz CT molecular complexity index is 456. The zero-order valence-electron chi connectivity index (χ0n) is 11.6. The third kappa shape index (κ3) is 3.22. The Morgan fingerprint density at radius 1 is 1.42 bits per heavy atom. The number of pyridine rings is 1. The van der Waals surface area contributed by atoms with E-state index in [0.717, 1.165) is 0 Å². The largest absolute Gasteiger partial charge is 0.362 e. The summed E-state index contributed by atoms with van der Waals surface area (Å²) in [6.07, 6.45) is 7.87. The predicted octanol–water partition coefficient (Wildman–Crippen LogP) is 3.68. The molecule has 19 heavy (non-hydrogen) atoms. The predicted molar refractivity (Wildman–Crippen MR) is 75.3 cm³/mol. The molecule has 1 heterocycles. The quantitative estimate of drug-likeness (QED) is 0.664. The summed E-state index contributed by atoms with van der Waals surface area (Å²) in [4.78, 5) is 14.9. The summed E-state index contributed by atoms with van der Waals surface area (Å²) in [5.74, 6) is 0.999. The molecule has 2 rings (SSSR count). The van der Waals surface area contributed by atoms with Crippen LogP contribution >= 0.6 is 0 Å². The van der Waals surface area contributed by atoms with Gasteiger partial charge in [0.15, 0.2) is 0 Å². The lowest BCUT2D eigenvalue weighted by Gasteiger charge is -2.28. The lowest BCUT2D eigenvalue weighted by Crippen LogP contribution is -2.28. The third-order valence-electron chi connectivity index (χ3n) is 4.03. The Kier molecular flexibility index (Phi) is 4.35. The second-order valence-electron chi connectivity index (χ2n) is 5.41. The number of aryl methyl sites for hydroxylation is 1. The van der Waals surface area contributed by atoms with Crippen molar-refractivity contribution in [3.63, 3.8) is 0 Å². The first-order valence-corrected chi connectivity index (χ1v) is 6.96. The molecule has 1 unspecified atom stereocenters. The van der Waals surface area contributed by atoms with Crippen LogP contribution in [0.5, 0.6) is 0 Å². The third-order valence-corrected chi connectivity index (χ3v) is 4.03. The summed E-state index contributed by atoms with van der Waals surface area (Å²) in [6.45, 7) is 3.85. The van der Waals surface area contributed by atoms with Gasteiger partial charge in [-0.25, -0.2) is 4.98 Å². The number of anilines is 1. The number of nitro groups is 1. The van der Waals surface area contributed by atoms with E-state index < -0.39 is 0 Å². The lowest BCUT2D eigenvalue weighted by molar-refractivity contribution is -0.384. The topological polar surface area (TPSA) is 68.1 Å². The first-order valence-electron chi connectivity index (χ1n) is 6.96. The van der Waals surface area contributed by atoms with Crippen LogP contribution in [0.25, 0.3) is 0 Å². The minimum absolute atomic E-state index is 0.102. The number of nitrogens with zero attached hydrogens (tertiary/aromatic N) is 2. The van der Waals surface area contributed by atoms with Crippen molar-refractivity contribution in [1.82, 2.24) is 4.98 Å². The van der Waals surface area contributed by atoms with Crippen molar-refractivity contribution < 1.29 is 4.92 Å². The molecule has 104 valence electrons. The van der Waals surface area contributed by atoms with Crippen molar-refractivity contribution in [1.29, 1.82) is 0 Å². The number of nitrogens with one attached hydrogen (secondary N) is 1. The zero-order valence-corrected chi connectivity index (χ0v) is 11.6. The highest BCUT2D eigenvalue weighted by atomic mass is 16.6. The van der Waals surface area contributed by atoms with E-state index in [0.29, 0.717) is 17.3 Å². The first kappa shape index (κ1) is 13.8. The maximum Gasteiger partial charge on any atom is 0.314 e. The van der Waals surface area contributed by atoms with Gasteiger partial charge in [-0.15, -0.1) is 0 Å². The highest BCUT2D eigenvalue weighted by Gasteiger charge is 2.24. The second kappa shape index (κ2) is 5.99. The monoisotopic (exact) mass is 263 g/mol. The van der Waals surface area contributed by atoms with E-state index in [9.17, 15) is 10.1 Å². The van der Waals surface area contributed by atoms with Gasteiger partial charge in [-0.1, -0.05) is 19.3 Å². The summed E-state index contributed by atoms with van der Waals surface area (Å²) in [5.41, 5.74) is 0.753. The molecular weight excluding hydrogens is 242 g/mol. The van der Waals surface area contributed by atoms with Crippen LogP contribution in [0, 0.1) is 23.0 Å². The number of hydrogen-bond donors (Lipinski definition) is 1. The smallest absolute Gasteiger partial charge is 0.314 e. The average molecular weight is 263 g/mol. The van der Waals surface area contributed by atoms with Gasteiger partial charge >= 0.3 is 5.69 Å². The van der Waals surface area contributed by atoms with Gasteiger partial charge in [-0.2, -0.15) is 0 Å². The van der Waals surface area contributed by atoms with Crippen molar-refractivity contribution in [2.75, 3.05) is 5.32 Å². The Hall–Kier alpha value is -1.65. The Balaban J connectivity index is 2.14. The fourth-order valence-electron chi connectivity index (χ4n) is 2.85. The number of aromatic nitrogens is 1. The summed E-state index contributed by atoms with van der Waals surface area (Å²) in [7, 11) is 0. The van der Waals surface area contributed by atoms with E-state index in [1.54, 1.807) is 19.2 Å². The van der Waals surface area contributed by atoms with Crippen molar-refractivity contribution in [2.24, 2.45) is 5.92 Å². The highest BCUT2D eigenvalue weighted by molar-refractivity contribution is 5.60. The molecule has 1 atom stereocenters. The van der Waals surface area contributed by atoms with Gasteiger partial charge < -0.3 is 5.32 Å². The Morgan fingerprint density at radius 3 is 2.74 bits per heavy atom. The SMILES string of the molecule is Cc1ccnc(NC(C)C2CCCCC2)c1[N+](=O)[O-]. The van der Waals surface area contributed by atoms with E-state index in [1.165, 1.54) is 32.1 Å². The molecule has 0 radical (unpaired) electrons. The van der Waals surface area contributed by atoms with Crippen LogP contribution in [-0.2, 0) is 0 Å². The first-order chi connectivity index (χ1) is 9.09. The van der Waals surface area contributed by atoms with E-state index in [1.807, 2.05) is 0 Å². The van der Waals surface area contributed by atoms with Crippen molar-refractivity contribution in [2.45, 2.75) is 52.0 Å². The number of rotatable bonds is 4. The average Bonchev–Trinajstić information content (AvgIpc) is 2.39. The molecule has 0 bridgehead atoms. The maximum absolute atomic E-state index is 11.1. The lowest BCUT2D eigenvalue weighted by atomic mass is 9.84. The van der Waals surface area contributed by atoms with Gasteiger partial charge in [0, 0.05) is 17.8 Å². The van der Waals surface area contributed by atoms with Crippen molar-refractivity contribution >= 4 is 11.5 Å². The molecule has 5 heteroatoms. The van der Waals surface area contributed by atoms with E-state index >= 15 is 0 Å². The molecule has 0 saturated heterocycles. The summed E-state index contributed by atoms with van der Waals surface area (Å²) < 4.78 is 0. The van der Waals surface area contributed by atoms with Gasteiger partial charge in [0.25, 0.3) is 0 Å². The second-order valence-corrected chi connectivity index (χ2v) is 5.41. The summed E-state index contributed by atoms with van der Waals surface area (Å²) in [5, 5.41) is 14.4. The Labute approximate surface area is 113 Å². The van der Waals surface area contributed by atoms with Crippen LogP contribution in [0.2, 0.25) is 0 Å². The number of hydrogen-bond acceptors (Lipinski definition) is 4. The molecule has 1 aliphatic carbocycles. The van der Waals surface area contributed by atoms with E-state index in [4.69, 9.17) is 0 Å². The Morgan fingerprint density at radius 2 is 2.11 bits per heavy atom. The molecule has 1 N–H and O–H groups in total. The normalized spacial score (nSPS) is 18.0. The molecule has 1 aromatic heterocycles. The van der Waals surface area contributed by atoms with Crippen LogP contribution in [0.4, 0.5) is 11.5 Å². The maximum atomic E-state index is 11.1. The molecule has 1 aromatic rings. The minimum atomic E-state index is -0.349. The molecule has 1 saturated carbocycles. The standard InChI is InChI=1S/C14H21N3O2/c1-10-8-9-15-14(13(10)17(18)19)16-11(2)12-6-4-3-5-7-12/h8-9,11-12H,3-7H2,1-2H3,(H,15,16). The van der Waals surface area contributed by atoms with Crippen molar-refractivity contribution in [3.05, 3.63) is 27.9 Å². The van der Waals surface area contributed by atoms with Gasteiger partial charge in [0.1, 0.15) is 0 Å². The molecule has 0 aliphatic heterocycles.